The highest BCUT2D eigenvalue weighted by atomic mass is 35.5. The third kappa shape index (κ3) is 4.07. The van der Waals surface area contributed by atoms with Crippen molar-refractivity contribution in [1.29, 1.82) is 0 Å². The maximum Gasteiger partial charge on any atom is 0.270 e. The largest absolute Gasteiger partial charge is 0.322 e. The molecule has 4 rings (SSSR count). The van der Waals surface area contributed by atoms with E-state index in [0.717, 1.165) is 16.5 Å². The van der Waals surface area contributed by atoms with Crippen LogP contribution in [0.1, 0.15) is 20.8 Å². The Kier molecular flexibility index (Phi) is 5.30. The summed E-state index contributed by atoms with van der Waals surface area (Å²) in [5, 5.41) is 15.0. The number of carbonyl (C=O) groups excluding carboxylic acids is 1. The molecule has 0 saturated carbocycles. The first-order valence-corrected chi connectivity index (χ1v) is 9.91. The van der Waals surface area contributed by atoms with Crippen molar-refractivity contribution in [2.45, 2.75) is 6.42 Å². The highest BCUT2D eigenvalue weighted by Crippen LogP contribution is 2.26. The highest BCUT2D eigenvalue weighted by Gasteiger charge is 2.17. The molecule has 10 heteroatoms. The number of fused-ring (bicyclic) bond motifs is 1. The van der Waals surface area contributed by atoms with E-state index in [9.17, 15) is 19.7 Å². The number of halogens is 1. The molecule has 8 nitrogen and oxygen atoms in total. The van der Waals surface area contributed by atoms with Gasteiger partial charge >= 0.3 is 0 Å². The van der Waals surface area contributed by atoms with E-state index in [-0.39, 0.29) is 16.6 Å². The monoisotopic (exact) mass is 440 g/mol. The number of nitrogens with one attached hydrogen (secondary N) is 2. The van der Waals surface area contributed by atoms with Crippen LogP contribution >= 0.6 is 22.9 Å². The number of nitrogens with zero attached hydrogens (tertiary/aromatic N) is 2. The van der Waals surface area contributed by atoms with Crippen LogP contribution in [0.2, 0.25) is 5.02 Å². The molecule has 30 heavy (non-hydrogen) atoms. The van der Waals surface area contributed by atoms with Crippen LogP contribution in [0.5, 0.6) is 0 Å². The number of non-ortho nitro benzene ring substituents is 1. The van der Waals surface area contributed by atoms with Gasteiger partial charge in [0.05, 0.1) is 10.5 Å². The van der Waals surface area contributed by atoms with Gasteiger partial charge in [-0.1, -0.05) is 29.8 Å². The summed E-state index contributed by atoms with van der Waals surface area (Å²) in [7, 11) is 0. The molecule has 0 unspecified atom stereocenters. The van der Waals surface area contributed by atoms with Crippen LogP contribution < -0.4 is 10.9 Å². The molecular weight excluding hydrogens is 428 g/mol. The number of benzene rings is 2. The number of aromatic nitrogens is 2. The summed E-state index contributed by atoms with van der Waals surface area (Å²) in [5.41, 5.74) is 0.630. The lowest BCUT2D eigenvalue weighted by atomic mass is 10.1. The van der Waals surface area contributed by atoms with E-state index in [1.807, 2.05) is 18.2 Å². The zero-order valence-corrected chi connectivity index (χ0v) is 16.8. The molecule has 0 aliphatic heterocycles. The fourth-order valence-corrected chi connectivity index (χ4v) is 4.02. The topological polar surface area (TPSA) is 118 Å². The number of H-pyrrole nitrogens is 1. The van der Waals surface area contributed by atoms with Gasteiger partial charge in [0.2, 0.25) is 5.56 Å². The molecule has 0 fully saturated rings. The standard InChI is InChI=1S/C20H13ClN4O4S/c21-16-4-2-1-3-11(16)7-13-10-22-20(30-13)24-19(27)15-9-18(26)23-17-6-5-12(25(28)29)8-14(15)17/h1-6,8-10H,7H2,(H,23,26)(H,22,24,27). The normalized spacial score (nSPS) is 10.8. The number of hydrogen-bond donors (Lipinski definition) is 2. The molecule has 0 radical (unpaired) electrons. The van der Waals surface area contributed by atoms with Crippen molar-refractivity contribution in [3.05, 3.63) is 96.2 Å². The summed E-state index contributed by atoms with van der Waals surface area (Å²) in [6.45, 7) is 0. The number of thiazole rings is 1. The molecule has 0 aliphatic carbocycles. The van der Waals surface area contributed by atoms with Crippen LogP contribution in [0.4, 0.5) is 10.8 Å². The molecule has 2 heterocycles. The molecule has 2 N–H and O–H groups in total. The Morgan fingerprint density at radius 1 is 1.23 bits per heavy atom. The molecule has 0 bridgehead atoms. The Morgan fingerprint density at radius 2 is 2.03 bits per heavy atom. The molecule has 2 aromatic carbocycles. The third-order valence-electron chi connectivity index (χ3n) is 4.38. The molecule has 0 saturated heterocycles. The van der Waals surface area contributed by atoms with Crippen LogP contribution in [0.3, 0.4) is 0 Å². The Labute approximate surface area is 178 Å². The van der Waals surface area contributed by atoms with Crippen molar-refractivity contribution in [3.8, 4) is 0 Å². The van der Waals surface area contributed by atoms with Crippen molar-refractivity contribution in [2.75, 3.05) is 5.32 Å². The Morgan fingerprint density at radius 3 is 2.80 bits per heavy atom. The smallest absolute Gasteiger partial charge is 0.270 e. The summed E-state index contributed by atoms with van der Waals surface area (Å²) in [6, 6.07) is 12.5. The average molecular weight is 441 g/mol. The SMILES string of the molecule is O=C(Nc1ncc(Cc2ccccc2Cl)s1)c1cc(=O)[nH]c2ccc([N+](=O)[O-])cc12. The van der Waals surface area contributed by atoms with Crippen LogP contribution in [-0.4, -0.2) is 20.8 Å². The van der Waals surface area contributed by atoms with E-state index in [1.54, 1.807) is 12.3 Å². The quantitative estimate of drug-likeness (QED) is 0.352. The molecule has 2 aromatic heterocycles. The van der Waals surface area contributed by atoms with Crippen molar-refractivity contribution in [1.82, 2.24) is 9.97 Å². The van der Waals surface area contributed by atoms with Crippen molar-refractivity contribution >= 4 is 50.6 Å². The molecule has 0 spiro atoms. The fourth-order valence-electron chi connectivity index (χ4n) is 2.98. The van der Waals surface area contributed by atoms with Gasteiger partial charge in [0.25, 0.3) is 11.6 Å². The second-order valence-corrected chi connectivity index (χ2v) is 7.91. The molecule has 1 amide bonds. The van der Waals surface area contributed by atoms with E-state index in [0.29, 0.717) is 22.1 Å². The number of rotatable bonds is 5. The predicted molar refractivity (Wildman–Crippen MR) is 116 cm³/mol. The lowest BCUT2D eigenvalue weighted by Crippen LogP contribution is -2.16. The van der Waals surface area contributed by atoms with Gasteiger partial charge in [0.15, 0.2) is 5.13 Å². The van der Waals surface area contributed by atoms with Gasteiger partial charge < -0.3 is 4.98 Å². The zero-order valence-electron chi connectivity index (χ0n) is 15.2. The van der Waals surface area contributed by atoms with E-state index in [2.05, 4.69) is 15.3 Å². The lowest BCUT2D eigenvalue weighted by Gasteiger charge is -2.06. The van der Waals surface area contributed by atoms with Gasteiger partial charge in [-0.3, -0.25) is 25.0 Å². The van der Waals surface area contributed by atoms with Crippen LogP contribution in [0, 0.1) is 10.1 Å². The van der Waals surface area contributed by atoms with Gasteiger partial charge in [0.1, 0.15) is 0 Å². The summed E-state index contributed by atoms with van der Waals surface area (Å²) in [4.78, 5) is 42.9. The lowest BCUT2D eigenvalue weighted by molar-refractivity contribution is -0.384. The molecule has 0 aliphatic rings. The third-order valence-corrected chi connectivity index (χ3v) is 5.66. The Bertz CT molecular complexity index is 1350. The second-order valence-electron chi connectivity index (χ2n) is 6.39. The predicted octanol–water partition coefficient (Wildman–Crippen LogP) is 4.39. The van der Waals surface area contributed by atoms with E-state index in [1.165, 1.54) is 29.5 Å². The minimum atomic E-state index is -0.578. The van der Waals surface area contributed by atoms with Crippen molar-refractivity contribution in [3.63, 3.8) is 0 Å². The molecule has 4 aromatic rings. The maximum atomic E-state index is 12.8. The van der Waals surface area contributed by atoms with E-state index in [4.69, 9.17) is 11.6 Å². The number of nitro benzene ring substituents is 1. The molecular formula is C20H13ClN4O4S. The number of aromatic amines is 1. The van der Waals surface area contributed by atoms with Gasteiger partial charge in [0, 0.05) is 51.6 Å². The van der Waals surface area contributed by atoms with Gasteiger partial charge in [-0.2, -0.15) is 0 Å². The van der Waals surface area contributed by atoms with Gasteiger partial charge in [-0.15, -0.1) is 11.3 Å². The minimum Gasteiger partial charge on any atom is -0.322 e. The Hall–Kier alpha value is -3.56. The van der Waals surface area contributed by atoms with Crippen LogP contribution in [-0.2, 0) is 6.42 Å². The summed E-state index contributed by atoms with van der Waals surface area (Å²) in [6.07, 6.45) is 2.21. The first kappa shape index (κ1) is 19.7. The van der Waals surface area contributed by atoms with Crippen LogP contribution in [0.15, 0.2) is 59.5 Å². The zero-order chi connectivity index (χ0) is 21.3. The minimum absolute atomic E-state index is 0.0281. The van der Waals surface area contributed by atoms with E-state index >= 15 is 0 Å². The van der Waals surface area contributed by atoms with Gasteiger partial charge in [-0.25, -0.2) is 4.98 Å². The van der Waals surface area contributed by atoms with Crippen molar-refractivity contribution < 1.29 is 9.72 Å². The Balaban J connectivity index is 1.61. The summed E-state index contributed by atoms with van der Waals surface area (Å²) < 4.78 is 0. The number of carbonyl (C=O) groups is 1. The number of anilines is 1. The summed E-state index contributed by atoms with van der Waals surface area (Å²) >= 11 is 7.47. The van der Waals surface area contributed by atoms with E-state index < -0.39 is 16.4 Å². The van der Waals surface area contributed by atoms with Crippen LogP contribution in [0.25, 0.3) is 10.9 Å². The van der Waals surface area contributed by atoms with Gasteiger partial charge in [-0.05, 0) is 17.7 Å². The average Bonchev–Trinajstić information content (AvgIpc) is 3.15. The second kappa shape index (κ2) is 8.05. The number of nitro groups is 1. The first-order valence-electron chi connectivity index (χ1n) is 8.71. The van der Waals surface area contributed by atoms with Crippen molar-refractivity contribution in [2.24, 2.45) is 0 Å². The fraction of sp³-hybridized carbons (Fsp3) is 0.0500. The number of pyridine rings is 1. The maximum absolute atomic E-state index is 12.8. The molecule has 150 valence electrons. The first-order chi connectivity index (χ1) is 14.4. The number of hydrogen-bond acceptors (Lipinski definition) is 6. The highest BCUT2D eigenvalue weighted by molar-refractivity contribution is 7.15. The number of amides is 1. The molecule has 0 atom stereocenters. The summed E-state index contributed by atoms with van der Waals surface area (Å²) in [5.74, 6) is -0.578.